The van der Waals surface area contributed by atoms with Crippen LogP contribution in [0.4, 0.5) is 0 Å². The summed E-state index contributed by atoms with van der Waals surface area (Å²) >= 11 is 0. The number of unbranched alkanes of at least 4 members (excludes halogenated alkanes) is 17. The molecule has 2 rings (SSSR count). The summed E-state index contributed by atoms with van der Waals surface area (Å²) < 4.78 is 1.43. The number of para-hydroxylation sites is 1. The first kappa shape index (κ1) is 28.3. The summed E-state index contributed by atoms with van der Waals surface area (Å²) in [6.45, 7) is 2.29. The van der Waals surface area contributed by atoms with E-state index in [2.05, 4.69) is 29.4 Å². The van der Waals surface area contributed by atoms with Gasteiger partial charge in [0, 0.05) is 6.42 Å². The summed E-state index contributed by atoms with van der Waals surface area (Å²) in [4.78, 5) is 12.3. The maximum Gasteiger partial charge on any atom is 0.249 e. The van der Waals surface area contributed by atoms with E-state index in [1.54, 1.807) is 0 Å². The van der Waals surface area contributed by atoms with Crippen LogP contribution in [-0.4, -0.2) is 20.9 Å². The Morgan fingerprint density at radius 2 is 1.21 bits per heavy atom. The van der Waals surface area contributed by atoms with E-state index in [1.165, 1.54) is 114 Å². The Bertz CT molecular complexity index is 795. The number of aromatic nitrogens is 3. The molecular weight excluding hydrogens is 418 g/mol. The summed E-state index contributed by atoms with van der Waals surface area (Å²) in [6, 6.07) is 7.59. The molecule has 0 N–H and O–H groups in total. The third kappa shape index (κ3) is 12.5. The highest BCUT2D eigenvalue weighted by molar-refractivity contribution is 5.88. The van der Waals surface area contributed by atoms with Gasteiger partial charge in [0.1, 0.15) is 5.52 Å². The van der Waals surface area contributed by atoms with Crippen molar-refractivity contribution >= 4 is 16.9 Å². The Labute approximate surface area is 208 Å². The van der Waals surface area contributed by atoms with Gasteiger partial charge in [-0.3, -0.25) is 4.79 Å². The number of allylic oxidation sites excluding steroid dienone is 2. The number of hydrogen-bond donors (Lipinski definition) is 0. The number of carbonyl (C=O) groups is 1. The lowest BCUT2D eigenvalue weighted by Gasteiger charge is -2.03. The van der Waals surface area contributed by atoms with Crippen LogP contribution in [0.15, 0.2) is 36.4 Å². The number of benzene rings is 1. The van der Waals surface area contributed by atoms with Gasteiger partial charge in [-0.15, -0.1) is 5.10 Å². The molecule has 0 fully saturated rings. The third-order valence-corrected chi connectivity index (χ3v) is 6.75. The zero-order valence-corrected chi connectivity index (χ0v) is 21.9. The second kappa shape index (κ2) is 19.3. The van der Waals surface area contributed by atoms with Crippen LogP contribution in [0.1, 0.15) is 140 Å². The van der Waals surface area contributed by atoms with E-state index in [1.807, 2.05) is 24.3 Å². The second-order valence-corrected chi connectivity index (χ2v) is 9.84. The molecule has 0 aliphatic carbocycles. The van der Waals surface area contributed by atoms with E-state index < -0.39 is 0 Å². The minimum absolute atomic E-state index is 0.0103. The maximum absolute atomic E-state index is 12.3. The molecule has 1 heterocycles. The van der Waals surface area contributed by atoms with E-state index in [-0.39, 0.29) is 5.91 Å². The molecule has 4 nitrogen and oxygen atoms in total. The number of rotatable bonds is 21. The SMILES string of the molecule is CCCCCCCCCCCCCCCCCCC/C=C/CCC(=O)n1nnc2ccccc21. The van der Waals surface area contributed by atoms with Gasteiger partial charge in [0.05, 0.1) is 5.52 Å². The number of carbonyl (C=O) groups excluding carboxylic acids is 1. The Morgan fingerprint density at radius 1 is 0.706 bits per heavy atom. The molecule has 0 radical (unpaired) electrons. The highest BCUT2D eigenvalue weighted by atomic mass is 16.2. The lowest BCUT2D eigenvalue weighted by molar-refractivity contribution is 0.0891. The zero-order chi connectivity index (χ0) is 24.1. The normalized spacial score (nSPS) is 11.7. The Kier molecular flexibility index (Phi) is 16.1. The van der Waals surface area contributed by atoms with Gasteiger partial charge in [-0.05, 0) is 31.4 Å². The van der Waals surface area contributed by atoms with Crippen molar-refractivity contribution in [3.8, 4) is 0 Å². The van der Waals surface area contributed by atoms with Crippen molar-refractivity contribution in [3.05, 3.63) is 36.4 Å². The van der Waals surface area contributed by atoms with Gasteiger partial charge in [-0.25, -0.2) is 0 Å². The molecule has 0 bridgehead atoms. The molecule has 0 saturated heterocycles. The van der Waals surface area contributed by atoms with Crippen molar-refractivity contribution in [2.24, 2.45) is 0 Å². The van der Waals surface area contributed by atoms with Gasteiger partial charge in [-0.1, -0.05) is 139 Å². The standard InChI is InChI=1S/C30H49N3O/c1-2-3-4-5-6-7-8-9-10-11-12-13-14-15-16-17-18-19-20-21-22-27-30(34)33-29-26-24-23-25-28(29)31-32-33/h20-21,23-26H,2-19,22,27H2,1H3/b21-20+. The monoisotopic (exact) mass is 467 g/mol. The number of hydrogen-bond acceptors (Lipinski definition) is 3. The first-order valence-electron chi connectivity index (χ1n) is 14.3. The van der Waals surface area contributed by atoms with Crippen LogP contribution < -0.4 is 0 Å². The summed E-state index contributed by atoms with van der Waals surface area (Å²) in [5.74, 6) is 0.0103. The van der Waals surface area contributed by atoms with E-state index in [4.69, 9.17) is 0 Å². The molecular formula is C30H49N3O. The molecule has 4 heteroatoms. The van der Waals surface area contributed by atoms with E-state index >= 15 is 0 Å². The Morgan fingerprint density at radius 3 is 1.79 bits per heavy atom. The summed E-state index contributed by atoms with van der Waals surface area (Å²) in [6.07, 6.45) is 30.7. The highest BCUT2D eigenvalue weighted by Gasteiger charge is 2.10. The molecule has 0 aliphatic heterocycles. The fraction of sp³-hybridized carbons (Fsp3) is 0.700. The van der Waals surface area contributed by atoms with Crippen LogP contribution in [0, 0.1) is 0 Å². The highest BCUT2D eigenvalue weighted by Crippen LogP contribution is 2.15. The van der Waals surface area contributed by atoms with Crippen LogP contribution >= 0.6 is 0 Å². The van der Waals surface area contributed by atoms with Crippen LogP contribution in [0.2, 0.25) is 0 Å². The van der Waals surface area contributed by atoms with Crippen LogP contribution in [0.25, 0.3) is 11.0 Å². The number of nitrogens with zero attached hydrogens (tertiary/aromatic N) is 3. The van der Waals surface area contributed by atoms with E-state index in [0.717, 1.165) is 23.9 Å². The van der Waals surface area contributed by atoms with E-state index in [0.29, 0.717) is 6.42 Å². The molecule has 1 aromatic carbocycles. The molecule has 0 unspecified atom stereocenters. The molecule has 0 spiro atoms. The minimum Gasteiger partial charge on any atom is -0.272 e. The quantitative estimate of drug-likeness (QED) is 0.136. The van der Waals surface area contributed by atoms with Crippen LogP contribution in [0.3, 0.4) is 0 Å². The fourth-order valence-electron chi connectivity index (χ4n) is 4.59. The Balaban J connectivity index is 1.32. The molecule has 0 saturated carbocycles. The first-order chi connectivity index (χ1) is 16.8. The van der Waals surface area contributed by atoms with Crippen molar-refractivity contribution < 1.29 is 4.79 Å². The molecule has 2 aromatic rings. The third-order valence-electron chi connectivity index (χ3n) is 6.75. The van der Waals surface area contributed by atoms with Gasteiger partial charge in [-0.2, -0.15) is 4.68 Å². The maximum atomic E-state index is 12.3. The van der Waals surface area contributed by atoms with E-state index in [9.17, 15) is 4.79 Å². The topological polar surface area (TPSA) is 47.8 Å². The molecule has 0 amide bonds. The molecule has 0 atom stereocenters. The summed E-state index contributed by atoms with van der Waals surface area (Å²) in [5, 5.41) is 8.04. The lowest BCUT2D eigenvalue weighted by atomic mass is 10.0. The summed E-state index contributed by atoms with van der Waals surface area (Å²) in [5.41, 5.74) is 1.56. The predicted molar refractivity (Wildman–Crippen MR) is 145 cm³/mol. The van der Waals surface area contributed by atoms with Gasteiger partial charge in [0.2, 0.25) is 5.91 Å². The lowest BCUT2D eigenvalue weighted by Crippen LogP contribution is -2.11. The van der Waals surface area contributed by atoms with Crippen molar-refractivity contribution in [1.82, 2.24) is 15.0 Å². The van der Waals surface area contributed by atoms with Crippen molar-refractivity contribution in [1.29, 1.82) is 0 Å². The fourth-order valence-corrected chi connectivity index (χ4v) is 4.59. The Hall–Kier alpha value is -1.97. The molecule has 34 heavy (non-hydrogen) atoms. The van der Waals surface area contributed by atoms with Crippen molar-refractivity contribution in [2.45, 2.75) is 135 Å². The van der Waals surface area contributed by atoms with Crippen molar-refractivity contribution in [2.75, 3.05) is 0 Å². The van der Waals surface area contributed by atoms with Crippen molar-refractivity contribution in [3.63, 3.8) is 0 Å². The number of fused-ring (bicyclic) bond motifs is 1. The smallest absolute Gasteiger partial charge is 0.249 e. The first-order valence-corrected chi connectivity index (χ1v) is 14.3. The minimum atomic E-state index is 0.0103. The average molecular weight is 468 g/mol. The molecule has 0 aliphatic rings. The largest absolute Gasteiger partial charge is 0.272 e. The van der Waals surface area contributed by atoms with Crippen LogP contribution in [0.5, 0.6) is 0 Å². The zero-order valence-electron chi connectivity index (χ0n) is 21.9. The van der Waals surface area contributed by atoms with Gasteiger partial charge < -0.3 is 0 Å². The van der Waals surface area contributed by atoms with Gasteiger partial charge in [0.25, 0.3) is 0 Å². The van der Waals surface area contributed by atoms with Gasteiger partial charge in [0.15, 0.2) is 0 Å². The average Bonchev–Trinajstić information content (AvgIpc) is 3.29. The summed E-state index contributed by atoms with van der Waals surface area (Å²) in [7, 11) is 0. The molecule has 1 aromatic heterocycles. The predicted octanol–water partition coefficient (Wildman–Crippen LogP) is 9.45. The van der Waals surface area contributed by atoms with Gasteiger partial charge >= 0.3 is 0 Å². The molecule has 190 valence electrons. The van der Waals surface area contributed by atoms with Crippen LogP contribution in [-0.2, 0) is 0 Å². The second-order valence-electron chi connectivity index (χ2n) is 9.84.